The number of aryl methyl sites for hydroxylation is 2. The van der Waals surface area contributed by atoms with Gasteiger partial charge in [-0.25, -0.2) is 17.6 Å². The van der Waals surface area contributed by atoms with Crippen molar-refractivity contribution in [3.05, 3.63) is 107 Å². The molecule has 0 bridgehead atoms. The van der Waals surface area contributed by atoms with Gasteiger partial charge in [-0.1, -0.05) is 54.6 Å². The van der Waals surface area contributed by atoms with Gasteiger partial charge in [0, 0.05) is 10.9 Å². The molecule has 0 aliphatic rings. The Morgan fingerprint density at radius 1 is 0.586 bits per heavy atom. The van der Waals surface area contributed by atoms with E-state index >= 15 is 0 Å². The van der Waals surface area contributed by atoms with E-state index < -0.39 is 23.3 Å². The Morgan fingerprint density at radius 3 is 2.10 bits per heavy atom. The standard InChI is InChI=1S/C25H18F4/c26-22-13-17(8-4-7-16-5-2-1-3-6-16)9-11-20(22)18-10-12-21-19(14-18)15-23(27)25(29)24(21)28/h1-3,5-6,9-15H,4,7-8H2. The second-order valence-electron chi connectivity index (χ2n) is 7.08. The number of fused-ring (bicyclic) bond motifs is 1. The molecule has 0 N–H and O–H groups in total. The van der Waals surface area contributed by atoms with E-state index in [4.69, 9.17) is 0 Å². The number of rotatable bonds is 5. The van der Waals surface area contributed by atoms with Crippen molar-refractivity contribution in [1.29, 1.82) is 0 Å². The highest BCUT2D eigenvalue weighted by atomic mass is 19.2. The Kier molecular flexibility index (Phi) is 5.34. The molecule has 146 valence electrons. The zero-order chi connectivity index (χ0) is 20.4. The monoisotopic (exact) mass is 394 g/mol. The minimum Gasteiger partial charge on any atom is -0.206 e. The van der Waals surface area contributed by atoms with Crippen LogP contribution in [0.3, 0.4) is 0 Å². The summed E-state index contributed by atoms with van der Waals surface area (Å²) in [6.07, 6.45) is 2.57. The van der Waals surface area contributed by atoms with E-state index in [-0.39, 0.29) is 10.8 Å². The van der Waals surface area contributed by atoms with Crippen molar-refractivity contribution in [3.8, 4) is 11.1 Å². The van der Waals surface area contributed by atoms with Crippen LogP contribution in [0, 0.1) is 23.3 Å². The summed E-state index contributed by atoms with van der Waals surface area (Å²) in [7, 11) is 0. The molecule has 4 heteroatoms. The molecule has 4 aromatic carbocycles. The molecule has 0 nitrogen and oxygen atoms in total. The van der Waals surface area contributed by atoms with Crippen LogP contribution in [0.15, 0.2) is 72.8 Å². The molecule has 0 fully saturated rings. The smallest absolute Gasteiger partial charge is 0.195 e. The third-order valence-electron chi connectivity index (χ3n) is 5.09. The maximum atomic E-state index is 14.7. The average Bonchev–Trinajstić information content (AvgIpc) is 2.73. The lowest BCUT2D eigenvalue weighted by Gasteiger charge is -2.09. The van der Waals surface area contributed by atoms with E-state index in [1.54, 1.807) is 6.07 Å². The minimum absolute atomic E-state index is 0.0365. The Labute approximate surface area is 166 Å². The Hall–Kier alpha value is -3.14. The highest BCUT2D eigenvalue weighted by Gasteiger charge is 2.15. The number of halogens is 4. The molecule has 0 heterocycles. The first-order valence-corrected chi connectivity index (χ1v) is 9.43. The van der Waals surface area contributed by atoms with Crippen LogP contribution in [-0.2, 0) is 12.8 Å². The summed E-state index contributed by atoms with van der Waals surface area (Å²) >= 11 is 0. The number of hydrogen-bond donors (Lipinski definition) is 0. The molecule has 0 saturated carbocycles. The Balaban J connectivity index is 1.55. The van der Waals surface area contributed by atoms with Gasteiger partial charge in [0.15, 0.2) is 17.5 Å². The molecule has 0 amide bonds. The molecule has 0 saturated heterocycles. The second kappa shape index (κ2) is 8.08. The molecule has 0 aliphatic carbocycles. The zero-order valence-corrected chi connectivity index (χ0v) is 15.6. The van der Waals surface area contributed by atoms with Crippen LogP contribution in [0.4, 0.5) is 17.6 Å². The first-order valence-electron chi connectivity index (χ1n) is 9.43. The predicted octanol–water partition coefficient (Wildman–Crippen LogP) is 7.24. The molecule has 29 heavy (non-hydrogen) atoms. The van der Waals surface area contributed by atoms with Crippen molar-refractivity contribution in [3.63, 3.8) is 0 Å². The summed E-state index contributed by atoms with van der Waals surface area (Å²) < 4.78 is 55.5. The quantitative estimate of drug-likeness (QED) is 0.247. The Morgan fingerprint density at radius 2 is 1.34 bits per heavy atom. The lowest BCUT2D eigenvalue weighted by molar-refractivity contribution is 0.453. The van der Waals surface area contributed by atoms with Crippen molar-refractivity contribution >= 4 is 10.8 Å². The fourth-order valence-electron chi connectivity index (χ4n) is 3.56. The molecule has 0 aromatic heterocycles. The summed E-state index contributed by atoms with van der Waals surface area (Å²) in [5.41, 5.74) is 2.96. The van der Waals surface area contributed by atoms with Crippen molar-refractivity contribution in [2.45, 2.75) is 19.3 Å². The zero-order valence-electron chi connectivity index (χ0n) is 15.6. The fourth-order valence-corrected chi connectivity index (χ4v) is 3.56. The van der Waals surface area contributed by atoms with E-state index in [1.165, 1.54) is 29.8 Å². The maximum Gasteiger partial charge on any atom is 0.195 e. The van der Waals surface area contributed by atoms with Crippen molar-refractivity contribution < 1.29 is 17.6 Å². The van der Waals surface area contributed by atoms with Crippen LogP contribution >= 0.6 is 0 Å². The van der Waals surface area contributed by atoms with Gasteiger partial charge in [-0.05, 0) is 59.5 Å². The third-order valence-corrected chi connectivity index (χ3v) is 5.09. The molecular formula is C25H18F4. The predicted molar refractivity (Wildman–Crippen MR) is 108 cm³/mol. The van der Waals surface area contributed by atoms with Gasteiger partial charge in [-0.3, -0.25) is 0 Å². The van der Waals surface area contributed by atoms with Crippen molar-refractivity contribution in [1.82, 2.24) is 0 Å². The van der Waals surface area contributed by atoms with Gasteiger partial charge in [0.1, 0.15) is 5.82 Å². The average molecular weight is 394 g/mol. The van der Waals surface area contributed by atoms with E-state index in [0.29, 0.717) is 11.1 Å². The lowest BCUT2D eigenvalue weighted by atomic mass is 9.97. The van der Waals surface area contributed by atoms with Crippen molar-refractivity contribution in [2.75, 3.05) is 0 Å². The van der Waals surface area contributed by atoms with Crippen LogP contribution in [0.25, 0.3) is 21.9 Å². The molecule has 0 spiro atoms. The van der Waals surface area contributed by atoms with Gasteiger partial charge in [-0.15, -0.1) is 0 Å². The highest BCUT2D eigenvalue weighted by Crippen LogP contribution is 2.30. The van der Waals surface area contributed by atoms with Gasteiger partial charge in [-0.2, -0.15) is 0 Å². The molecule has 0 radical (unpaired) electrons. The van der Waals surface area contributed by atoms with Gasteiger partial charge < -0.3 is 0 Å². The first kappa shape index (κ1) is 19.2. The van der Waals surface area contributed by atoms with E-state index in [9.17, 15) is 17.6 Å². The third kappa shape index (κ3) is 4.02. The van der Waals surface area contributed by atoms with Crippen LogP contribution in [0.5, 0.6) is 0 Å². The largest absolute Gasteiger partial charge is 0.206 e. The molecule has 0 aliphatic heterocycles. The molecule has 0 atom stereocenters. The number of hydrogen-bond acceptors (Lipinski definition) is 0. The number of benzene rings is 4. The van der Waals surface area contributed by atoms with Crippen molar-refractivity contribution in [2.24, 2.45) is 0 Å². The summed E-state index contributed by atoms with van der Waals surface area (Å²) in [5, 5.41) is 0.149. The molecular weight excluding hydrogens is 376 g/mol. The minimum atomic E-state index is -1.50. The van der Waals surface area contributed by atoms with Crippen LogP contribution in [-0.4, -0.2) is 0 Å². The normalized spacial score (nSPS) is 11.2. The van der Waals surface area contributed by atoms with Gasteiger partial charge >= 0.3 is 0 Å². The van der Waals surface area contributed by atoms with Crippen LogP contribution in [0.1, 0.15) is 17.5 Å². The summed E-state index contributed by atoms with van der Waals surface area (Å²) in [6.45, 7) is 0. The molecule has 0 unspecified atom stereocenters. The topological polar surface area (TPSA) is 0 Å². The second-order valence-corrected chi connectivity index (χ2v) is 7.08. The van der Waals surface area contributed by atoms with Gasteiger partial charge in [0.25, 0.3) is 0 Å². The fraction of sp³-hybridized carbons (Fsp3) is 0.120. The van der Waals surface area contributed by atoms with Gasteiger partial charge in [0.2, 0.25) is 0 Å². The SMILES string of the molecule is Fc1cc(CCCc2ccccc2)ccc1-c1ccc2c(F)c(F)c(F)cc2c1. The van der Waals surface area contributed by atoms with E-state index in [0.717, 1.165) is 30.9 Å². The van der Waals surface area contributed by atoms with Crippen LogP contribution < -0.4 is 0 Å². The summed E-state index contributed by atoms with van der Waals surface area (Å²) in [4.78, 5) is 0. The highest BCUT2D eigenvalue weighted by molar-refractivity contribution is 5.88. The maximum absolute atomic E-state index is 14.7. The van der Waals surface area contributed by atoms with E-state index in [2.05, 4.69) is 12.1 Å². The molecule has 4 aromatic rings. The summed E-state index contributed by atoms with van der Waals surface area (Å²) in [5.74, 6) is -4.40. The van der Waals surface area contributed by atoms with Crippen LogP contribution in [0.2, 0.25) is 0 Å². The first-order chi connectivity index (χ1) is 14.0. The molecule has 4 rings (SSSR count). The Bertz CT molecular complexity index is 1170. The lowest BCUT2D eigenvalue weighted by Crippen LogP contribution is -1.94. The van der Waals surface area contributed by atoms with Gasteiger partial charge in [0.05, 0.1) is 0 Å². The summed E-state index contributed by atoms with van der Waals surface area (Å²) in [6, 6.07) is 20.4. The van der Waals surface area contributed by atoms with E-state index in [1.807, 2.05) is 24.3 Å².